The maximum absolute atomic E-state index is 11.4. The molecule has 0 fully saturated rings. The predicted octanol–water partition coefficient (Wildman–Crippen LogP) is -1.42. The van der Waals surface area contributed by atoms with Crippen molar-refractivity contribution in [2.24, 2.45) is 16.5 Å². The van der Waals surface area contributed by atoms with Gasteiger partial charge in [-0.2, -0.15) is 0 Å². The van der Waals surface area contributed by atoms with Crippen molar-refractivity contribution >= 4 is 21.6 Å². The third-order valence-electron chi connectivity index (χ3n) is 1.73. The Kier molecular flexibility index (Phi) is 5.97. The monoisotopic (exact) mass is 251 g/mol. The van der Waals surface area contributed by atoms with E-state index in [0.29, 0.717) is 18.8 Å². The molecule has 0 aliphatic rings. The normalized spacial score (nSPS) is 14.8. The van der Waals surface area contributed by atoms with Crippen LogP contribution in [0.3, 0.4) is 0 Å². The van der Waals surface area contributed by atoms with Crippen LogP contribution in [0, 0.1) is 0 Å². The second kappa shape index (κ2) is 6.44. The van der Waals surface area contributed by atoms with Gasteiger partial charge in [-0.3, -0.25) is 9.79 Å². The first kappa shape index (κ1) is 14.8. The largest absolute Gasteiger partial charge is 0.480 e. The van der Waals surface area contributed by atoms with Crippen molar-refractivity contribution in [1.82, 2.24) is 0 Å². The zero-order valence-corrected chi connectivity index (χ0v) is 9.90. The molecule has 0 aromatic rings. The number of hydrogen-bond acceptors (Lipinski definition) is 5. The molecule has 5 N–H and O–H groups in total. The lowest BCUT2D eigenvalue weighted by Crippen LogP contribution is -2.38. The van der Waals surface area contributed by atoms with E-state index in [4.69, 9.17) is 16.6 Å². The van der Waals surface area contributed by atoms with Crippen molar-refractivity contribution in [3.8, 4) is 0 Å². The predicted molar refractivity (Wildman–Crippen MR) is 61.0 cm³/mol. The van der Waals surface area contributed by atoms with Gasteiger partial charge in [0, 0.05) is 6.54 Å². The first-order valence-electron chi connectivity index (χ1n) is 4.70. The fourth-order valence-electron chi connectivity index (χ4n) is 0.968. The highest BCUT2D eigenvalue weighted by Gasteiger charge is 2.20. The summed E-state index contributed by atoms with van der Waals surface area (Å²) >= 11 is 0. The highest BCUT2D eigenvalue weighted by atomic mass is 32.2. The first-order chi connectivity index (χ1) is 7.24. The first-order valence-corrected chi connectivity index (χ1v) is 6.52. The molecule has 0 aromatic carbocycles. The van der Waals surface area contributed by atoms with Crippen molar-refractivity contribution < 1.29 is 18.3 Å². The minimum atomic E-state index is -3.44. The van der Waals surface area contributed by atoms with E-state index in [1.54, 1.807) is 6.92 Å². The van der Waals surface area contributed by atoms with Crippen LogP contribution in [-0.4, -0.2) is 49.4 Å². The summed E-state index contributed by atoms with van der Waals surface area (Å²) < 4.78 is 22.7. The van der Waals surface area contributed by atoms with Crippen LogP contribution in [0.2, 0.25) is 0 Å². The number of carboxylic acids is 1. The Balaban J connectivity index is 4.07. The molecule has 0 aliphatic carbocycles. The minimum absolute atomic E-state index is 0.134. The quantitative estimate of drug-likeness (QED) is 0.288. The molecule has 94 valence electrons. The molecule has 0 saturated carbocycles. The molecule has 7 nitrogen and oxygen atoms in total. The summed E-state index contributed by atoms with van der Waals surface area (Å²) in [4.78, 5) is 14.2. The molecule has 16 heavy (non-hydrogen) atoms. The van der Waals surface area contributed by atoms with Crippen molar-refractivity contribution in [2.45, 2.75) is 19.4 Å². The highest BCUT2D eigenvalue weighted by Crippen LogP contribution is 1.97. The minimum Gasteiger partial charge on any atom is -0.480 e. The van der Waals surface area contributed by atoms with E-state index in [-0.39, 0.29) is 5.75 Å². The van der Waals surface area contributed by atoms with Crippen LogP contribution < -0.4 is 11.5 Å². The SMILES string of the molecule is CC(N)=NCCCS(=O)(=O)C[C@H](N)C(=O)O. The molecular weight excluding hydrogens is 234 g/mol. The van der Waals surface area contributed by atoms with Gasteiger partial charge in [-0.05, 0) is 13.3 Å². The Morgan fingerprint density at radius 2 is 2.06 bits per heavy atom. The van der Waals surface area contributed by atoms with E-state index in [1.165, 1.54) is 0 Å². The number of hydrogen-bond donors (Lipinski definition) is 3. The summed E-state index contributed by atoms with van der Waals surface area (Å²) in [7, 11) is -3.44. The number of carbonyl (C=O) groups is 1. The molecule has 0 aliphatic heterocycles. The van der Waals surface area contributed by atoms with Crippen molar-refractivity contribution in [2.75, 3.05) is 18.1 Å². The maximum Gasteiger partial charge on any atom is 0.321 e. The lowest BCUT2D eigenvalue weighted by Gasteiger charge is -2.06. The number of nitrogens with two attached hydrogens (primary N) is 2. The van der Waals surface area contributed by atoms with Crippen molar-refractivity contribution in [3.05, 3.63) is 0 Å². The van der Waals surface area contributed by atoms with Crippen LogP contribution in [0.4, 0.5) is 0 Å². The summed E-state index contributed by atoms with van der Waals surface area (Å²) in [6.07, 6.45) is 0.309. The van der Waals surface area contributed by atoms with Gasteiger partial charge in [0.25, 0.3) is 0 Å². The van der Waals surface area contributed by atoms with E-state index < -0.39 is 27.6 Å². The molecule has 0 rings (SSSR count). The molecular formula is C8H17N3O4S. The molecule has 8 heteroatoms. The van der Waals surface area contributed by atoms with Gasteiger partial charge in [-0.25, -0.2) is 8.42 Å². The van der Waals surface area contributed by atoms with Crippen LogP contribution >= 0.6 is 0 Å². The zero-order valence-electron chi connectivity index (χ0n) is 9.09. The fraction of sp³-hybridized carbons (Fsp3) is 0.750. The number of aliphatic carboxylic acids is 1. The van der Waals surface area contributed by atoms with Crippen LogP contribution in [-0.2, 0) is 14.6 Å². The molecule has 0 heterocycles. The number of rotatable bonds is 7. The second-order valence-corrected chi connectivity index (χ2v) is 5.66. The summed E-state index contributed by atoms with van der Waals surface area (Å²) in [5.41, 5.74) is 10.4. The van der Waals surface area contributed by atoms with Gasteiger partial charge in [0.05, 0.1) is 17.3 Å². The third-order valence-corrected chi connectivity index (χ3v) is 3.50. The summed E-state index contributed by atoms with van der Waals surface area (Å²) in [6.45, 7) is 1.92. The molecule has 0 bridgehead atoms. The smallest absolute Gasteiger partial charge is 0.321 e. The van der Waals surface area contributed by atoms with Crippen LogP contribution in [0.5, 0.6) is 0 Å². The number of nitrogens with zero attached hydrogens (tertiary/aromatic N) is 1. The van der Waals surface area contributed by atoms with Crippen LogP contribution in [0.15, 0.2) is 4.99 Å². The average Bonchev–Trinajstić information content (AvgIpc) is 2.11. The van der Waals surface area contributed by atoms with E-state index in [1.807, 2.05) is 0 Å². The molecule has 0 aromatic heterocycles. The zero-order chi connectivity index (χ0) is 12.8. The van der Waals surface area contributed by atoms with Crippen LogP contribution in [0.1, 0.15) is 13.3 Å². The standard InChI is InChI=1S/C8H17N3O4S/c1-6(9)11-3-2-4-16(14,15)5-7(10)8(12)13/h7H,2-5,10H2,1H3,(H2,9,11)(H,12,13)/t7-/m0/s1. The maximum atomic E-state index is 11.4. The average molecular weight is 251 g/mol. The van der Waals surface area contributed by atoms with Crippen molar-refractivity contribution in [3.63, 3.8) is 0 Å². The van der Waals surface area contributed by atoms with Gasteiger partial charge in [0.2, 0.25) is 0 Å². The Bertz CT molecular complexity index is 359. The second-order valence-electron chi connectivity index (χ2n) is 3.44. The van der Waals surface area contributed by atoms with Crippen LogP contribution in [0.25, 0.3) is 0 Å². The fourth-order valence-corrected chi connectivity index (χ4v) is 2.39. The summed E-state index contributed by atoms with van der Waals surface area (Å²) in [5, 5.41) is 8.46. The number of amidine groups is 1. The lowest BCUT2D eigenvalue weighted by molar-refractivity contribution is -0.137. The Morgan fingerprint density at radius 1 is 1.50 bits per heavy atom. The Morgan fingerprint density at radius 3 is 2.50 bits per heavy atom. The van der Waals surface area contributed by atoms with Gasteiger partial charge in [0.15, 0.2) is 9.84 Å². The van der Waals surface area contributed by atoms with Crippen molar-refractivity contribution in [1.29, 1.82) is 0 Å². The molecule has 0 amide bonds. The Hall–Kier alpha value is -1.15. The summed E-state index contributed by atoms with van der Waals surface area (Å²) in [6, 6.07) is -1.37. The molecule has 1 atom stereocenters. The third kappa shape index (κ3) is 7.18. The van der Waals surface area contributed by atoms with Gasteiger partial charge in [0.1, 0.15) is 6.04 Å². The lowest BCUT2D eigenvalue weighted by atomic mass is 10.4. The number of carboxylic acid groups (broad SMARTS) is 1. The van der Waals surface area contributed by atoms with Gasteiger partial charge in [-0.15, -0.1) is 0 Å². The van der Waals surface area contributed by atoms with Gasteiger partial charge >= 0.3 is 5.97 Å². The molecule has 0 saturated heterocycles. The van der Waals surface area contributed by atoms with Gasteiger partial charge in [-0.1, -0.05) is 0 Å². The highest BCUT2D eigenvalue weighted by molar-refractivity contribution is 7.91. The number of sulfone groups is 1. The Labute approximate surface area is 94.5 Å². The van der Waals surface area contributed by atoms with E-state index in [0.717, 1.165) is 0 Å². The molecule has 0 spiro atoms. The van der Waals surface area contributed by atoms with Gasteiger partial charge < -0.3 is 16.6 Å². The van der Waals surface area contributed by atoms with E-state index in [2.05, 4.69) is 4.99 Å². The molecule has 0 unspecified atom stereocenters. The topological polar surface area (TPSA) is 136 Å². The summed E-state index contributed by atoms with van der Waals surface area (Å²) in [5.74, 6) is -1.61. The number of aliphatic imine (C=N–C) groups is 1. The van der Waals surface area contributed by atoms with E-state index in [9.17, 15) is 13.2 Å². The van der Waals surface area contributed by atoms with E-state index >= 15 is 0 Å². The molecule has 0 radical (unpaired) electrons.